The zero-order valence-corrected chi connectivity index (χ0v) is 25.3. The fraction of sp³-hybridized carbons (Fsp3) is 0. The molecule has 6 heteroatoms. The van der Waals surface area contributed by atoms with Crippen LogP contribution in [0.15, 0.2) is 132 Å². The van der Waals surface area contributed by atoms with Crippen LogP contribution in [0.1, 0.15) is 5.56 Å². The van der Waals surface area contributed by atoms with Crippen molar-refractivity contribution in [3.05, 3.63) is 133 Å². The van der Waals surface area contributed by atoms with Gasteiger partial charge < -0.3 is 4.42 Å². The first-order valence-electron chi connectivity index (χ1n) is 14.5. The van der Waals surface area contributed by atoms with Crippen LogP contribution in [0, 0.1) is 11.3 Å². The summed E-state index contributed by atoms with van der Waals surface area (Å²) in [6.07, 6.45) is 0. The van der Waals surface area contributed by atoms with E-state index in [4.69, 9.17) is 9.40 Å². The van der Waals surface area contributed by atoms with E-state index >= 15 is 0 Å². The van der Waals surface area contributed by atoms with Gasteiger partial charge in [0.05, 0.1) is 21.8 Å². The number of benzene rings is 6. The van der Waals surface area contributed by atoms with E-state index in [0.717, 1.165) is 59.7 Å². The minimum absolute atomic E-state index is 0.616. The van der Waals surface area contributed by atoms with Gasteiger partial charge in [-0.05, 0) is 95.1 Å². The first-order valence-corrected chi connectivity index (χ1v) is 16.2. The molecule has 3 heterocycles. The average molecular weight is 612 g/mol. The van der Waals surface area contributed by atoms with Gasteiger partial charge in [-0.2, -0.15) is 5.26 Å². The Labute approximate surface area is 266 Å². The molecule has 0 saturated carbocycles. The third-order valence-corrected chi connectivity index (χ3v) is 10.4. The Hall–Kier alpha value is -5.61. The van der Waals surface area contributed by atoms with Gasteiger partial charge >= 0.3 is 0 Å². The lowest BCUT2D eigenvalue weighted by molar-refractivity contribution is 0.620. The van der Waals surface area contributed by atoms with Crippen molar-refractivity contribution in [3.8, 4) is 50.3 Å². The minimum atomic E-state index is 0.616. The number of fused-ring (bicyclic) bond motifs is 5. The maximum Gasteiger partial charge on any atom is 0.227 e. The maximum absolute atomic E-state index is 9.40. The lowest BCUT2D eigenvalue weighted by Crippen LogP contribution is -1.86. The number of aromatic nitrogens is 2. The van der Waals surface area contributed by atoms with Gasteiger partial charge in [0.2, 0.25) is 5.89 Å². The molecule has 0 aliphatic rings. The molecule has 3 aromatic heterocycles. The summed E-state index contributed by atoms with van der Waals surface area (Å²) in [4.78, 5) is 9.67. The van der Waals surface area contributed by atoms with Crippen LogP contribution in [-0.2, 0) is 0 Å². The number of para-hydroxylation sites is 3. The molecule has 0 bridgehead atoms. The Morgan fingerprint density at radius 2 is 1.18 bits per heavy atom. The summed E-state index contributed by atoms with van der Waals surface area (Å²) in [5.74, 6) is 0.616. The van der Waals surface area contributed by atoms with Gasteiger partial charge in [-0.3, -0.25) is 0 Å². The molecule has 210 valence electrons. The molecule has 9 aromatic rings. The molecule has 45 heavy (non-hydrogen) atoms. The van der Waals surface area contributed by atoms with Crippen molar-refractivity contribution < 1.29 is 4.42 Å². The smallest absolute Gasteiger partial charge is 0.227 e. The molecule has 0 aliphatic heterocycles. The molecule has 0 unspecified atom stereocenters. The highest BCUT2D eigenvalue weighted by Gasteiger charge is 2.14. The van der Waals surface area contributed by atoms with Crippen LogP contribution in [-0.4, -0.2) is 9.97 Å². The molecule has 0 amide bonds. The molecule has 0 radical (unpaired) electrons. The van der Waals surface area contributed by atoms with Crippen LogP contribution in [0.3, 0.4) is 0 Å². The molecule has 4 nitrogen and oxygen atoms in total. The van der Waals surface area contributed by atoms with E-state index in [1.807, 2.05) is 42.5 Å². The van der Waals surface area contributed by atoms with Crippen molar-refractivity contribution in [2.75, 3.05) is 0 Å². The number of rotatable bonds is 4. The van der Waals surface area contributed by atoms with Crippen molar-refractivity contribution in [2.45, 2.75) is 0 Å². The third kappa shape index (κ3) is 4.49. The Morgan fingerprint density at radius 1 is 0.511 bits per heavy atom. The van der Waals surface area contributed by atoms with Crippen molar-refractivity contribution in [1.29, 1.82) is 5.26 Å². The number of thiazole rings is 1. The lowest BCUT2D eigenvalue weighted by Gasteiger charge is -2.10. The lowest BCUT2D eigenvalue weighted by atomic mass is 9.95. The van der Waals surface area contributed by atoms with Crippen molar-refractivity contribution in [1.82, 2.24) is 9.97 Å². The van der Waals surface area contributed by atoms with Gasteiger partial charge in [0, 0.05) is 31.3 Å². The summed E-state index contributed by atoms with van der Waals surface area (Å²) in [6, 6.07) is 46.1. The SMILES string of the molecule is N#Cc1ccc2c(c1)sc1cc(-c3cc(-c4ccc(-c5nc6ccccc6o5)cc4)cc(-c4nc5ccccc5s4)c3)ccc12. The van der Waals surface area contributed by atoms with Gasteiger partial charge in [-0.25, -0.2) is 9.97 Å². The molecule has 0 spiro atoms. The summed E-state index contributed by atoms with van der Waals surface area (Å²) in [5, 5.41) is 12.8. The van der Waals surface area contributed by atoms with Crippen LogP contribution in [0.25, 0.3) is 85.8 Å². The predicted octanol–water partition coefficient (Wildman–Crippen LogP) is 11.3. The van der Waals surface area contributed by atoms with Crippen LogP contribution in [0.5, 0.6) is 0 Å². The molecule has 9 rings (SSSR count). The second kappa shape index (κ2) is 10.2. The van der Waals surface area contributed by atoms with E-state index in [0.29, 0.717) is 11.5 Å². The first-order chi connectivity index (χ1) is 22.2. The average Bonchev–Trinajstić information content (AvgIpc) is 3.82. The second-order valence-electron chi connectivity index (χ2n) is 11.0. The largest absolute Gasteiger partial charge is 0.436 e. The minimum Gasteiger partial charge on any atom is -0.436 e. The molecule has 0 atom stereocenters. The summed E-state index contributed by atoms with van der Waals surface area (Å²) in [5.41, 5.74) is 9.83. The molecular weight excluding hydrogens is 591 g/mol. The number of thiophene rings is 1. The zero-order valence-electron chi connectivity index (χ0n) is 23.7. The molecular formula is C39H21N3OS2. The monoisotopic (exact) mass is 611 g/mol. The van der Waals surface area contributed by atoms with E-state index in [1.165, 1.54) is 20.2 Å². The fourth-order valence-corrected chi connectivity index (χ4v) is 8.04. The standard InChI is InChI=1S/C39H21N3OS2/c40-22-23-9-15-30-31-16-14-26(21-37(31)44-36(30)17-23)28-18-27(19-29(20-28)39-42-33-6-2-4-8-35(33)45-39)24-10-12-25(13-11-24)38-41-32-5-1-3-7-34(32)43-38/h1-21H. The van der Waals surface area contributed by atoms with Gasteiger partial charge in [-0.15, -0.1) is 22.7 Å². The van der Waals surface area contributed by atoms with E-state index in [1.54, 1.807) is 22.7 Å². The van der Waals surface area contributed by atoms with E-state index in [9.17, 15) is 5.26 Å². The Morgan fingerprint density at radius 3 is 1.98 bits per heavy atom. The normalized spacial score (nSPS) is 11.5. The number of nitriles is 1. The zero-order chi connectivity index (χ0) is 29.9. The molecule has 0 aliphatic carbocycles. The van der Waals surface area contributed by atoms with Crippen LogP contribution in [0.4, 0.5) is 0 Å². The number of oxazole rings is 1. The van der Waals surface area contributed by atoms with Gasteiger partial charge in [0.15, 0.2) is 5.58 Å². The van der Waals surface area contributed by atoms with E-state index in [-0.39, 0.29) is 0 Å². The van der Waals surface area contributed by atoms with Crippen LogP contribution < -0.4 is 0 Å². The summed E-state index contributed by atoms with van der Waals surface area (Å²) < 4.78 is 9.52. The van der Waals surface area contributed by atoms with Crippen molar-refractivity contribution >= 4 is 64.2 Å². The number of nitrogens with zero attached hydrogens (tertiary/aromatic N) is 3. The quantitative estimate of drug-likeness (QED) is 0.199. The van der Waals surface area contributed by atoms with E-state index in [2.05, 4.69) is 96.0 Å². The Kier molecular flexibility index (Phi) is 5.88. The topological polar surface area (TPSA) is 62.7 Å². The predicted molar refractivity (Wildman–Crippen MR) is 187 cm³/mol. The summed E-state index contributed by atoms with van der Waals surface area (Å²) in [7, 11) is 0. The molecule has 0 saturated heterocycles. The van der Waals surface area contributed by atoms with Gasteiger partial charge in [-0.1, -0.05) is 54.6 Å². The van der Waals surface area contributed by atoms with Gasteiger partial charge in [0.1, 0.15) is 10.5 Å². The van der Waals surface area contributed by atoms with Crippen molar-refractivity contribution in [3.63, 3.8) is 0 Å². The maximum atomic E-state index is 9.40. The highest BCUT2D eigenvalue weighted by Crippen LogP contribution is 2.40. The second-order valence-corrected chi connectivity index (χ2v) is 13.1. The van der Waals surface area contributed by atoms with Crippen LogP contribution in [0.2, 0.25) is 0 Å². The summed E-state index contributed by atoms with van der Waals surface area (Å²) >= 11 is 3.44. The molecule has 0 fully saturated rings. The number of hydrogen-bond donors (Lipinski definition) is 0. The Balaban J connectivity index is 1.17. The molecule has 6 aromatic carbocycles. The van der Waals surface area contributed by atoms with Crippen LogP contribution >= 0.6 is 22.7 Å². The summed E-state index contributed by atoms with van der Waals surface area (Å²) in [6.45, 7) is 0. The fourth-order valence-electron chi connectivity index (χ4n) is 5.91. The highest BCUT2D eigenvalue weighted by molar-refractivity contribution is 7.25. The van der Waals surface area contributed by atoms with E-state index < -0.39 is 0 Å². The van der Waals surface area contributed by atoms with Crippen molar-refractivity contribution in [2.24, 2.45) is 0 Å². The molecule has 0 N–H and O–H groups in total. The first kappa shape index (κ1) is 25.8. The number of hydrogen-bond acceptors (Lipinski definition) is 6. The Bertz CT molecular complexity index is 2550. The highest BCUT2D eigenvalue weighted by atomic mass is 32.1. The van der Waals surface area contributed by atoms with Gasteiger partial charge in [0.25, 0.3) is 0 Å². The third-order valence-electron chi connectivity index (χ3n) is 8.17.